The molecule has 0 bridgehead atoms. The molecule has 0 N–H and O–H groups in total. The highest BCUT2D eigenvalue weighted by Gasteiger charge is 2.38. The van der Waals surface area contributed by atoms with E-state index in [1.165, 1.54) is 17.2 Å². The van der Waals surface area contributed by atoms with Gasteiger partial charge in [0, 0.05) is 29.4 Å². The Labute approximate surface area is 170 Å². The molecule has 5 rings (SSSR count). The summed E-state index contributed by atoms with van der Waals surface area (Å²) in [7, 11) is 0. The number of pyridine rings is 1. The van der Waals surface area contributed by atoms with Gasteiger partial charge in [0.15, 0.2) is 0 Å². The van der Waals surface area contributed by atoms with Crippen molar-refractivity contribution in [2.75, 3.05) is 4.90 Å². The van der Waals surface area contributed by atoms with Crippen LogP contribution < -0.4 is 4.90 Å². The van der Waals surface area contributed by atoms with Crippen molar-refractivity contribution in [1.82, 2.24) is 4.98 Å². The minimum atomic E-state index is -0.233. The van der Waals surface area contributed by atoms with Crippen molar-refractivity contribution >= 4 is 11.6 Å². The highest BCUT2D eigenvalue weighted by Crippen LogP contribution is 2.38. The third-order valence-corrected chi connectivity index (χ3v) is 6.28. The van der Waals surface area contributed by atoms with Gasteiger partial charge in [-0.1, -0.05) is 25.1 Å². The fourth-order valence-corrected chi connectivity index (χ4v) is 4.80. The Balaban J connectivity index is 1.41. The van der Waals surface area contributed by atoms with Crippen molar-refractivity contribution in [2.24, 2.45) is 5.92 Å². The molecule has 0 spiro atoms. The number of carbonyl (C=O) groups excluding carboxylic acids is 1. The van der Waals surface area contributed by atoms with E-state index in [1.807, 2.05) is 23.1 Å². The second kappa shape index (κ2) is 7.11. The number of amides is 1. The van der Waals surface area contributed by atoms with Crippen molar-refractivity contribution in [3.63, 3.8) is 0 Å². The monoisotopic (exact) mass is 386 g/mol. The molecule has 1 amide bonds. The molecule has 0 radical (unpaired) electrons. The number of fused-ring (bicyclic) bond motifs is 2. The van der Waals surface area contributed by atoms with E-state index in [2.05, 4.69) is 30.1 Å². The smallest absolute Gasteiger partial charge is 0.231 e. The lowest BCUT2D eigenvalue weighted by atomic mass is 10.0. The van der Waals surface area contributed by atoms with Crippen LogP contribution in [-0.2, 0) is 24.1 Å². The molecule has 1 unspecified atom stereocenters. The zero-order valence-corrected chi connectivity index (χ0v) is 16.4. The lowest BCUT2D eigenvalue weighted by Gasteiger charge is -2.27. The zero-order chi connectivity index (χ0) is 20.0. The van der Waals surface area contributed by atoms with Gasteiger partial charge in [-0.25, -0.2) is 4.39 Å². The maximum absolute atomic E-state index is 13.7. The van der Waals surface area contributed by atoms with Crippen LogP contribution in [0.2, 0.25) is 0 Å². The number of nitrogens with zero attached hydrogens (tertiary/aromatic N) is 2. The number of anilines is 1. The maximum atomic E-state index is 13.7. The Hall–Kier alpha value is -3.01. The largest absolute Gasteiger partial charge is 0.309 e. The summed E-state index contributed by atoms with van der Waals surface area (Å²) in [6.45, 7) is 2.09. The first kappa shape index (κ1) is 18.0. The molecule has 146 valence electrons. The van der Waals surface area contributed by atoms with Gasteiger partial charge in [0.25, 0.3) is 0 Å². The minimum absolute atomic E-state index is 0.0611. The molecule has 2 aromatic carbocycles. The zero-order valence-electron chi connectivity index (χ0n) is 16.4. The summed E-state index contributed by atoms with van der Waals surface area (Å²) in [6.07, 6.45) is 4.91. The number of aromatic nitrogens is 1. The van der Waals surface area contributed by atoms with Gasteiger partial charge in [0.05, 0.1) is 5.69 Å². The molecule has 4 heteroatoms. The lowest BCUT2D eigenvalue weighted by molar-refractivity contribution is -0.122. The fourth-order valence-electron chi connectivity index (χ4n) is 4.80. The quantitative estimate of drug-likeness (QED) is 0.637. The van der Waals surface area contributed by atoms with Gasteiger partial charge in [0.1, 0.15) is 5.82 Å². The predicted octanol–water partition coefficient (Wildman–Crippen LogP) is 4.97. The predicted molar refractivity (Wildman–Crippen MR) is 112 cm³/mol. The summed E-state index contributed by atoms with van der Waals surface area (Å²) in [4.78, 5) is 19.9. The molecule has 0 saturated heterocycles. The van der Waals surface area contributed by atoms with Gasteiger partial charge in [-0.05, 0) is 78.8 Å². The molecule has 3 nitrogen and oxygen atoms in total. The first-order valence-corrected chi connectivity index (χ1v) is 10.3. The van der Waals surface area contributed by atoms with Crippen LogP contribution in [0.3, 0.4) is 0 Å². The van der Waals surface area contributed by atoms with E-state index >= 15 is 0 Å². The number of hydrogen-bond acceptors (Lipinski definition) is 2. The van der Waals surface area contributed by atoms with Crippen LogP contribution in [0, 0.1) is 11.7 Å². The molecule has 2 heterocycles. The average molecular weight is 386 g/mol. The molecule has 29 heavy (non-hydrogen) atoms. The molecule has 1 aromatic heterocycles. The van der Waals surface area contributed by atoms with Crippen LogP contribution in [-0.4, -0.2) is 16.9 Å². The second-order valence-corrected chi connectivity index (χ2v) is 8.05. The van der Waals surface area contributed by atoms with Gasteiger partial charge in [-0.3, -0.25) is 9.78 Å². The van der Waals surface area contributed by atoms with Crippen LogP contribution >= 0.6 is 0 Å². The molecular weight excluding hydrogens is 363 g/mol. The standard InChI is InChI=1S/C25H23FN2O/c1-2-22-15-19-14-21(26)8-9-24(19)28(22)25(29)20-11-16-6-7-17(12-18(16)13-20)23-5-3-4-10-27-23/h3-10,12,14,20,22H,2,11,13,15H2,1H3/t20-,22?/m1/s1. The minimum Gasteiger partial charge on any atom is -0.309 e. The molecule has 1 aliphatic carbocycles. The van der Waals surface area contributed by atoms with E-state index in [1.54, 1.807) is 18.3 Å². The van der Waals surface area contributed by atoms with E-state index in [0.29, 0.717) is 0 Å². The summed E-state index contributed by atoms with van der Waals surface area (Å²) in [5, 5.41) is 0. The van der Waals surface area contributed by atoms with Crippen LogP contribution in [0.25, 0.3) is 11.3 Å². The van der Waals surface area contributed by atoms with Crippen molar-refractivity contribution in [2.45, 2.75) is 38.6 Å². The molecule has 2 aliphatic rings. The number of hydrogen-bond donors (Lipinski definition) is 0. The van der Waals surface area contributed by atoms with Crippen LogP contribution in [0.5, 0.6) is 0 Å². The van der Waals surface area contributed by atoms with Gasteiger partial charge in [0.2, 0.25) is 5.91 Å². The molecule has 1 aliphatic heterocycles. The van der Waals surface area contributed by atoms with Crippen molar-refractivity contribution in [3.05, 3.63) is 83.3 Å². The van der Waals surface area contributed by atoms with Crippen LogP contribution in [0.4, 0.5) is 10.1 Å². The van der Waals surface area contributed by atoms with Gasteiger partial charge in [-0.15, -0.1) is 0 Å². The molecular formula is C25H23FN2O. The highest BCUT2D eigenvalue weighted by atomic mass is 19.1. The van der Waals surface area contributed by atoms with Gasteiger partial charge < -0.3 is 4.90 Å². The SMILES string of the molecule is CCC1Cc2cc(F)ccc2N1C(=O)[C@@H]1Cc2ccc(-c3ccccn3)cc2C1. The summed E-state index contributed by atoms with van der Waals surface area (Å²) < 4.78 is 13.7. The summed E-state index contributed by atoms with van der Waals surface area (Å²) >= 11 is 0. The Bertz CT molecular complexity index is 1080. The number of halogens is 1. The average Bonchev–Trinajstić information content (AvgIpc) is 3.34. The van der Waals surface area contributed by atoms with Crippen LogP contribution in [0.15, 0.2) is 60.8 Å². The van der Waals surface area contributed by atoms with Gasteiger partial charge in [-0.2, -0.15) is 0 Å². The third kappa shape index (κ3) is 3.13. The summed E-state index contributed by atoms with van der Waals surface area (Å²) in [5.74, 6) is -0.130. The van der Waals surface area contributed by atoms with Crippen molar-refractivity contribution in [1.29, 1.82) is 0 Å². The maximum Gasteiger partial charge on any atom is 0.231 e. The van der Waals surface area contributed by atoms with E-state index in [-0.39, 0.29) is 23.7 Å². The number of carbonyl (C=O) groups is 1. The molecule has 2 atom stereocenters. The Morgan fingerprint density at radius 1 is 1.03 bits per heavy atom. The summed E-state index contributed by atoms with van der Waals surface area (Å²) in [5.41, 5.74) is 6.34. The lowest BCUT2D eigenvalue weighted by Crippen LogP contribution is -2.41. The topological polar surface area (TPSA) is 33.2 Å². The van der Waals surface area contributed by atoms with E-state index in [9.17, 15) is 9.18 Å². The molecule has 0 fully saturated rings. The fraction of sp³-hybridized carbons (Fsp3) is 0.280. The first-order valence-electron chi connectivity index (χ1n) is 10.3. The molecule has 3 aromatic rings. The van der Waals surface area contributed by atoms with E-state index < -0.39 is 0 Å². The van der Waals surface area contributed by atoms with Crippen molar-refractivity contribution in [3.8, 4) is 11.3 Å². The van der Waals surface area contributed by atoms with Crippen molar-refractivity contribution < 1.29 is 9.18 Å². The normalized spacial score (nSPS) is 19.9. The Kier molecular flexibility index (Phi) is 4.42. The van der Waals surface area contributed by atoms with Gasteiger partial charge >= 0.3 is 0 Å². The Morgan fingerprint density at radius 2 is 1.90 bits per heavy atom. The Morgan fingerprint density at radius 3 is 2.69 bits per heavy atom. The van der Waals surface area contributed by atoms with E-state index in [4.69, 9.17) is 0 Å². The summed E-state index contributed by atoms with van der Waals surface area (Å²) in [6, 6.07) is 17.2. The first-order chi connectivity index (χ1) is 14.1. The number of benzene rings is 2. The second-order valence-electron chi connectivity index (χ2n) is 8.05. The third-order valence-electron chi connectivity index (χ3n) is 6.28. The van der Waals surface area contributed by atoms with Crippen LogP contribution in [0.1, 0.15) is 30.0 Å². The number of rotatable bonds is 3. The highest BCUT2D eigenvalue weighted by molar-refractivity contribution is 5.98. The molecule has 0 saturated carbocycles. The van der Waals surface area contributed by atoms with E-state index in [0.717, 1.165) is 48.2 Å².